The van der Waals surface area contributed by atoms with Crippen LogP contribution < -0.4 is 10.9 Å². The van der Waals surface area contributed by atoms with Gasteiger partial charge in [-0.05, 0) is 62.3 Å². The van der Waals surface area contributed by atoms with Gasteiger partial charge in [-0.2, -0.15) is 5.26 Å². The molecule has 2 heterocycles. The van der Waals surface area contributed by atoms with Crippen molar-refractivity contribution in [3.63, 3.8) is 0 Å². The molecule has 1 aromatic heterocycles. The molecule has 2 N–H and O–H groups in total. The summed E-state index contributed by atoms with van der Waals surface area (Å²) >= 11 is 0. The van der Waals surface area contributed by atoms with Crippen molar-refractivity contribution in [2.45, 2.75) is 46.0 Å². The molecular weight excluding hydrogens is 423 g/mol. The molecule has 0 bridgehead atoms. The van der Waals surface area contributed by atoms with E-state index in [1.807, 2.05) is 6.07 Å². The third kappa shape index (κ3) is 5.86. The topological polar surface area (TPSA) is 106 Å². The Hall–Kier alpha value is -3.47. The highest BCUT2D eigenvalue weighted by atomic mass is 19.1. The summed E-state index contributed by atoms with van der Waals surface area (Å²) in [7, 11) is 0. The summed E-state index contributed by atoms with van der Waals surface area (Å²) in [6, 6.07) is 8.46. The largest absolute Gasteiger partial charge is 0.356 e. The number of likely N-dealkylation sites (tertiary alicyclic amines) is 1. The van der Waals surface area contributed by atoms with Crippen molar-refractivity contribution in [1.29, 1.82) is 5.26 Å². The second-order valence-corrected chi connectivity index (χ2v) is 8.46. The van der Waals surface area contributed by atoms with Crippen molar-refractivity contribution < 1.29 is 14.0 Å². The lowest BCUT2D eigenvalue weighted by Crippen LogP contribution is -2.43. The van der Waals surface area contributed by atoms with Gasteiger partial charge in [-0.15, -0.1) is 0 Å². The number of H-pyrrole nitrogens is 1. The number of aryl methyl sites for hydroxylation is 1. The van der Waals surface area contributed by atoms with Crippen molar-refractivity contribution >= 4 is 11.8 Å². The maximum absolute atomic E-state index is 13.7. The Kier molecular flexibility index (Phi) is 7.99. The number of amides is 2. The molecule has 3 rings (SSSR count). The van der Waals surface area contributed by atoms with Gasteiger partial charge in [0.25, 0.3) is 5.56 Å². The number of rotatable bonds is 7. The van der Waals surface area contributed by atoms with Crippen molar-refractivity contribution in [2.75, 3.05) is 19.6 Å². The van der Waals surface area contributed by atoms with Crippen LogP contribution in [0.25, 0.3) is 0 Å². The molecule has 0 saturated carbocycles. The lowest BCUT2D eigenvalue weighted by Gasteiger charge is -2.31. The highest BCUT2D eigenvalue weighted by molar-refractivity contribution is 5.80. The highest BCUT2D eigenvalue weighted by Gasteiger charge is 2.27. The van der Waals surface area contributed by atoms with Crippen LogP contribution in [0.4, 0.5) is 4.39 Å². The number of halogens is 1. The fourth-order valence-corrected chi connectivity index (χ4v) is 4.37. The molecule has 1 aromatic carbocycles. The Bertz CT molecular complexity index is 1130. The molecule has 1 aliphatic heterocycles. The van der Waals surface area contributed by atoms with Crippen molar-refractivity contribution in [3.05, 3.63) is 68.4 Å². The Morgan fingerprint density at radius 1 is 1.21 bits per heavy atom. The van der Waals surface area contributed by atoms with Crippen molar-refractivity contribution in [2.24, 2.45) is 5.92 Å². The van der Waals surface area contributed by atoms with Crippen LogP contribution in [-0.4, -0.2) is 41.3 Å². The van der Waals surface area contributed by atoms with Crippen LogP contribution in [-0.2, 0) is 22.4 Å². The zero-order valence-corrected chi connectivity index (χ0v) is 19.0. The fourth-order valence-electron chi connectivity index (χ4n) is 4.37. The smallest absolute Gasteiger partial charge is 0.266 e. The van der Waals surface area contributed by atoms with Crippen LogP contribution in [0.15, 0.2) is 29.1 Å². The van der Waals surface area contributed by atoms with Gasteiger partial charge >= 0.3 is 0 Å². The Labute approximate surface area is 192 Å². The second-order valence-electron chi connectivity index (χ2n) is 8.46. The number of hydrogen-bond acceptors (Lipinski definition) is 4. The summed E-state index contributed by atoms with van der Waals surface area (Å²) in [5.41, 5.74) is 2.38. The molecule has 0 aliphatic carbocycles. The number of piperidine rings is 1. The number of aromatic amines is 1. The zero-order chi connectivity index (χ0) is 24.0. The van der Waals surface area contributed by atoms with Crippen LogP contribution >= 0.6 is 0 Å². The molecule has 7 nitrogen and oxygen atoms in total. The van der Waals surface area contributed by atoms with Gasteiger partial charge in [0.1, 0.15) is 17.4 Å². The quantitative estimate of drug-likeness (QED) is 0.673. The average Bonchev–Trinajstić information content (AvgIpc) is 2.80. The van der Waals surface area contributed by atoms with Crippen LogP contribution in [0.3, 0.4) is 0 Å². The number of benzene rings is 1. The number of pyridine rings is 1. The number of hydrogen-bond donors (Lipinski definition) is 2. The van der Waals surface area contributed by atoms with Gasteiger partial charge < -0.3 is 15.2 Å². The molecule has 0 spiro atoms. The summed E-state index contributed by atoms with van der Waals surface area (Å²) in [4.78, 5) is 41.5. The van der Waals surface area contributed by atoms with Gasteiger partial charge in [-0.3, -0.25) is 14.4 Å². The Morgan fingerprint density at radius 2 is 1.91 bits per heavy atom. The lowest BCUT2D eigenvalue weighted by atomic mass is 9.95. The van der Waals surface area contributed by atoms with Crippen LogP contribution in [0.2, 0.25) is 0 Å². The summed E-state index contributed by atoms with van der Waals surface area (Å²) in [5.74, 6) is -0.481. The highest BCUT2D eigenvalue weighted by Crippen LogP contribution is 2.20. The van der Waals surface area contributed by atoms with Crippen LogP contribution in [0.1, 0.15) is 47.2 Å². The predicted molar refractivity (Wildman–Crippen MR) is 122 cm³/mol. The number of carbonyl (C=O) groups excluding carboxylic acids is 2. The van der Waals surface area contributed by atoms with E-state index in [-0.39, 0.29) is 35.5 Å². The minimum absolute atomic E-state index is 0.00285. The number of nitriles is 1. The van der Waals surface area contributed by atoms with Gasteiger partial charge in [-0.25, -0.2) is 4.39 Å². The number of nitrogens with zero attached hydrogens (tertiary/aromatic N) is 2. The normalized spacial score (nSPS) is 14.1. The minimum Gasteiger partial charge on any atom is -0.356 e. The second kappa shape index (κ2) is 10.9. The molecule has 0 atom stereocenters. The maximum atomic E-state index is 13.7. The lowest BCUT2D eigenvalue weighted by molar-refractivity contribution is -0.135. The van der Waals surface area contributed by atoms with E-state index in [0.29, 0.717) is 62.1 Å². The molecule has 0 radical (unpaired) electrons. The monoisotopic (exact) mass is 452 g/mol. The number of nitrogens with one attached hydrogen (secondary N) is 2. The summed E-state index contributed by atoms with van der Waals surface area (Å²) in [6.45, 7) is 4.90. The third-order valence-corrected chi connectivity index (χ3v) is 6.38. The van der Waals surface area contributed by atoms with Crippen LogP contribution in [0.5, 0.6) is 0 Å². The number of carbonyl (C=O) groups is 2. The summed E-state index contributed by atoms with van der Waals surface area (Å²) in [5, 5.41) is 12.1. The van der Waals surface area contributed by atoms with E-state index in [4.69, 9.17) is 0 Å². The Morgan fingerprint density at radius 3 is 2.58 bits per heavy atom. The first-order chi connectivity index (χ1) is 15.8. The van der Waals surface area contributed by atoms with Crippen LogP contribution in [0, 0.1) is 36.9 Å². The molecule has 1 saturated heterocycles. The van der Waals surface area contributed by atoms with E-state index in [1.54, 1.807) is 36.9 Å². The summed E-state index contributed by atoms with van der Waals surface area (Å²) in [6.07, 6.45) is 2.34. The zero-order valence-electron chi connectivity index (χ0n) is 19.0. The Balaban J connectivity index is 1.45. The van der Waals surface area contributed by atoms with Crippen molar-refractivity contribution in [1.82, 2.24) is 15.2 Å². The standard InChI is InChI=1S/C25H29FN4O3/c1-16-20(17(2)29-25(33)21(16)15-27)7-8-23(31)30-13-10-19(11-14-30)24(32)28-12-9-18-5-3-4-6-22(18)26/h3-6,19H,7-14H2,1-2H3,(H,28,32)(H,29,33). The van der Waals surface area contributed by atoms with E-state index < -0.39 is 5.56 Å². The summed E-state index contributed by atoms with van der Waals surface area (Å²) < 4.78 is 13.7. The molecule has 1 aliphatic rings. The molecule has 1 fully saturated rings. The van der Waals surface area contributed by atoms with E-state index >= 15 is 0 Å². The van der Waals surface area contributed by atoms with E-state index in [0.717, 1.165) is 5.56 Å². The number of aromatic nitrogens is 1. The van der Waals surface area contributed by atoms with Gasteiger partial charge in [0, 0.05) is 37.7 Å². The molecule has 8 heteroatoms. The van der Waals surface area contributed by atoms with Gasteiger partial charge in [0.15, 0.2) is 0 Å². The molecular formula is C25H29FN4O3. The van der Waals surface area contributed by atoms with Gasteiger partial charge in [-0.1, -0.05) is 18.2 Å². The van der Waals surface area contributed by atoms with E-state index in [2.05, 4.69) is 10.3 Å². The van der Waals surface area contributed by atoms with E-state index in [1.165, 1.54) is 6.07 Å². The molecule has 2 amide bonds. The molecule has 33 heavy (non-hydrogen) atoms. The SMILES string of the molecule is Cc1[nH]c(=O)c(C#N)c(C)c1CCC(=O)N1CCC(C(=O)NCCc2ccccc2F)CC1. The van der Waals surface area contributed by atoms with Crippen molar-refractivity contribution in [3.8, 4) is 6.07 Å². The predicted octanol–water partition coefficient (Wildman–Crippen LogP) is 2.53. The minimum atomic E-state index is -0.406. The first-order valence-corrected chi connectivity index (χ1v) is 11.2. The molecule has 2 aromatic rings. The van der Waals surface area contributed by atoms with Gasteiger partial charge in [0.05, 0.1) is 0 Å². The maximum Gasteiger partial charge on any atom is 0.266 e. The fraction of sp³-hybridized carbons (Fsp3) is 0.440. The van der Waals surface area contributed by atoms with Gasteiger partial charge in [0.2, 0.25) is 11.8 Å². The van der Waals surface area contributed by atoms with E-state index in [9.17, 15) is 24.0 Å². The molecule has 0 unspecified atom stereocenters. The molecule has 174 valence electrons. The first kappa shape index (κ1) is 24.2. The first-order valence-electron chi connectivity index (χ1n) is 11.2. The average molecular weight is 453 g/mol. The third-order valence-electron chi connectivity index (χ3n) is 6.38.